The Morgan fingerprint density at radius 2 is 1.71 bits per heavy atom. The van der Waals surface area contributed by atoms with Crippen LogP contribution < -0.4 is 14.8 Å². The van der Waals surface area contributed by atoms with Crippen LogP contribution in [0.2, 0.25) is 0 Å². The Morgan fingerprint density at radius 1 is 0.941 bits per heavy atom. The Labute approximate surface area is 195 Å². The van der Waals surface area contributed by atoms with E-state index in [-0.39, 0.29) is 29.5 Å². The maximum atomic E-state index is 13.5. The third-order valence-electron chi connectivity index (χ3n) is 6.19. The third-order valence-corrected chi connectivity index (χ3v) is 6.19. The molecule has 0 radical (unpaired) electrons. The number of tetrazole rings is 1. The normalized spacial score (nSPS) is 17.5. The van der Waals surface area contributed by atoms with Crippen molar-refractivity contribution in [2.75, 3.05) is 5.32 Å². The molecule has 1 atom stereocenters. The summed E-state index contributed by atoms with van der Waals surface area (Å²) in [7, 11) is 0. The van der Waals surface area contributed by atoms with Gasteiger partial charge in [-0.25, -0.2) is 9.07 Å². The maximum absolute atomic E-state index is 13.5. The predicted octanol–water partition coefficient (Wildman–Crippen LogP) is 5.66. The number of hydrogen-bond acceptors (Lipinski definition) is 6. The molecular weight excluding hydrogens is 447 g/mol. The molecule has 1 unspecified atom stereocenters. The van der Waals surface area contributed by atoms with E-state index in [9.17, 15) is 13.2 Å². The highest BCUT2D eigenvalue weighted by Gasteiger charge is 2.29. The van der Waals surface area contributed by atoms with Gasteiger partial charge in [-0.2, -0.15) is 8.78 Å². The number of alkyl halides is 2. The monoisotopic (exact) mass is 473 g/mol. The topological polar surface area (TPSA) is 74.1 Å². The quantitative estimate of drug-likeness (QED) is 0.432. The minimum Gasteiger partial charge on any atom is -0.487 e. The fourth-order valence-electron chi connectivity index (χ4n) is 4.34. The van der Waals surface area contributed by atoms with Crippen molar-refractivity contribution in [3.05, 3.63) is 59.7 Å². The maximum Gasteiger partial charge on any atom is 0.387 e. The first kappa shape index (κ1) is 22.5. The smallest absolute Gasteiger partial charge is 0.387 e. The van der Waals surface area contributed by atoms with Gasteiger partial charge in [-0.3, -0.25) is 0 Å². The third kappa shape index (κ3) is 5.26. The standard InChI is InChI=1S/C24H26F3N5O2/c25-16-7-9-17(10-8-16)28-22(23-29-30-31-32(23)18-4-2-1-3-5-18)15-6-13-20(34-24(26)27)21(14-15)33-19-11-12-19/h6-10,13-14,18-19,22,24,28H,1-5,11-12H2. The largest absolute Gasteiger partial charge is 0.487 e. The van der Waals surface area contributed by atoms with Gasteiger partial charge in [0.15, 0.2) is 17.3 Å². The van der Waals surface area contributed by atoms with E-state index in [0.717, 1.165) is 38.5 Å². The van der Waals surface area contributed by atoms with E-state index in [1.165, 1.54) is 24.6 Å². The average Bonchev–Trinajstić information content (AvgIpc) is 3.52. The molecule has 0 aliphatic heterocycles. The zero-order valence-electron chi connectivity index (χ0n) is 18.5. The lowest BCUT2D eigenvalue weighted by Gasteiger charge is -2.26. The molecule has 0 saturated heterocycles. The van der Waals surface area contributed by atoms with Crippen molar-refractivity contribution in [3.8, 4) is 11.5 Å². The molecule has 34 heavy (non-hydrogen) atoms. The van der Waals surface area contributed by atoms with Crippen LogP contribution in [0.3, 0.4) is 0 Å². The second-order valence-corrected chi connectivity index (χ2v) is 8.76. The van der Waals surface area contributed by atoms with Crippen LogP contribution in [0.5, 0.6) is 11.5 Å². The summed E-state index contributed by atoms with van der Waals surface area (Å²) < 4.78 is 51.8. The lowest BCUT2D eigenvalue weighted by atomic mass is 9.95. The Balaban J connectivity index is 1.53. The molecule has 3 aromatic rings. The van der Waals surface area contributed by atoms with E-state index in [0.29, 0.717) is 17.1 Å². The van der Waals surface area contributed by atoms with Gasteiger partial charge in [-0.05, 0) is 78.1 Å². The number of rotatable bonds is 9. The highest BCUT2D eigenvalue weighted by atomic mass is 19.3. The van der Waals surface area contributed by atoms with Gasteiger partial charge < -0.3 is 14.8 Å². The predicted molar refractivity (Wildman–Crippen MR) is 119 cm³/mol. The van der Waals surface area contributed by atoms with Gasteiger partial charge in [0, 0.05) is 5.69 Å². The summed E-state index contributed by atoms with van der Waals surface area (Å²) in [6.07, 6.45) is 7.12. The molecule has 2 aliphatic carbocycles. The molecule has 0 bridgehead atoms. The van der Waals surface area contributed by atoms with E-state index in [4.69, 9.17) is 4.74 Å². The first-order valence-electron chi connectivity index (χ1n) is 11.6. The molecule has 2 aliphatic rings. The van der Waals surface area contributed by atoms with Crippen LogP contribution in [0.1, 0.15) is 68.4 Å². The van der Waals surface area contributed by atoms with E-state index in [2.05, 4.69) is 25.6 Å². The zero-order valence-corrected chi connectivity index (χ0v) is 18.5. The highest BCUT2D eigenvalue weighted by molar-refractivity contribution is 5.51. The second kappa shape index (κ2) is 9.90. The molecule has 0 spiro atoms. The summed E-state index contributed by atoms with van der Waals surface area (Å²) in [5.74, 6) is 0.486. The van der Waals surface area contributed by atoms with Gasteiger partial charge in [0.05, 0.1) is 12.1 Å². The molecule has 180 valence electrons. The number of aromatic nitrogens is 4. The highest BCUT2D eigenvalue weighted by Crippen LogP contribution is 2.39. The molecule has 5 rings (SSSR count). The molecule has 10 heteroatoms. The molecule has 2 fully saturated rings. The van der Waals surface area contributed by atoms with Gasteiger partial charge >= 0.3 is 6.61 Å². The molecule has 2 saturated carbocycles. The second-order valence-electron chi connectivity index (χ2n) is 8.76. The van der Waals surface area contributed by atoms with Crippen LogP contribution in [0, 0.1) is 5.82 Å². The van der Waals surface area contributed by atoms with Crippen molar-refractivity contribution < 1.29 is 22.6 Å². The van der Waals surface area contributed by atoms with Crippen molar-refractivity contribution in [2.45, 2.75) is 69.7 Å². The van der Waals surface area contributed by atoms with Gasteiger partial charge in [-0.15, -0.1) is 5.10 Å². The van der Waals surface area contributed by atoms with Gasteiger partial charge in [0.25, 0.3) is 0 Å². The first-order chi connectivity index (χ1) is 16.6. The minimum absolute atomic E-state index is 0.00802. The van der Waals surface area contributed by atoms with E-state index < -0.39 is 12.7 Å². The van der Waals surface area contributed by atoms with Crippen LogP contribution >= 0.6 is 0 Å². The van der Waals surface area contributed by atoms with Crippen LogP contribution in [0.25, 0.3) is 0 Å². The number of benzene rings is 2. The average molecular weight is 473 g/mol. The zero-order chi connectivity index (χ0) is 23.5. The number of ether oxygens (including phenoxy) is 2. The summed E-state index contributed by atoms with van der Waals surface area (Å²) in [4.78, 5) is 0. The Hall–Kier alpha value is -3.30. The lowest BCUT2D eigenvalue weighted by molar-refractivity contribution is -0.0516. The van der Waals surface area contributed by atoms with Crippen LogP contribution in [-0.4, -0.2) is 32.9 Å². The molecule has 1 N–H and O–H groups in total. The fraction of sp³-hybridized carbons (Fsp3) is 0.458. The molecule has 2 aromatic carbocycles. The summed E-state index contributed by atoms with van der Waals surface area (Å²) in [5, 5.41) is 15.9. The lowest BCUT2D eigenvalue weighted by Crippen LogP contribution is -2.23. The number of anilines is 1. The molecule has 7 nitrogen and oxygen atoms in total. The van der Waals surface area contributed by atoms with Crippen molar-refractivity contribution in [1.29, 1.82) is 0 Å². The van der Waals surface area contributed by atoms with Crippen molar-refractivity contribution >= 4 is 5.69 Å². The van der Waals surface area contributed by atoms with Crippen molar-refractivity contribution in [2.24, 2.45) is 0 Å². The minimum atomic E-state index is -2.96. The summed E-state index contributed by atoms with van der Waals surface area (Å²) >= 11 is 0. The van der Waals surface area contributed by atoms with Crippen molar-refractivity contribution in [3.63, 3.8) is 0 Å². The van der Waals surface area contributed by atoms with E-state index in [1.54, 1.807) is 24.3 Å². The number of hydrogen-bond donors (Lipinski definition) is 1. The molecule has 1 heterocycles. The first-order valence-corrected chi connectivity index (χ1v) is 11.6. The fourth-order valence-corrected chi connectivity index (χ4v) is 4.34. The Bertz CT molecular complexity index is 1100. The van der Waals surface area contributed by atoms with Gasteiger partial charge in [-0.1, -0.05) is 25.3 Å². The van der Waals surface area contributed by atoms with Gasteiger partial charge in [0.1, 0.15) is 11.9 Å². The van der Waals surface area contributed by atoms with Crippen LogP contribution in [0.15, 0.2) is 42.5 Å². The number of nitrogens with one attached hydrogen (secondary N) is 1. The van der Waals surface area contributed by atoms with Crippen LogP contribution in [0.4, 0.5) is 18.9 Å². The Morgan fingerprint density at radius 3 is 2.41 bits per heavy atom. The summed E-state index contributed by atoms with van der Waals surface area (Å²) in [5.41, 5.74) is 1.38. The molecule has 1 aromatic heterocycles. The number of nitrogens with zero attached hydrogens (tertiary/aromatic N) is 4. The molecular formula is C24H26F3N5O2. The number of halogens is 3. The summed E-state index contributed by atoms with van der Waals surface area (Å²) in [6.45, 7) is -2.96. The van der Waals surface area contributed by atoms with E-state index in [1.807, 2.05) is 4.68 Å². The van der Waals surface area contributed by atoms with E-state index >= 15 is 0 Å². The van der Waals surface area contributed by atoms with Crippen LogP contribution in [-0.2, 0) is 0 Å². The molecule has 0 amide bonds. The van der Waals surface area contributed by atoms with Gasteiger partial charge in [0.2, 0.25) is 0 Å². The summed E-state index contributed by atoms with van der Waals surface area (Å²) in [6, 6.07) is 10.5. The van der Waals surface area contributed by atoms with Crippen molar-refractivity contribution in [1.82, 2.24) is 20.2 Å². The Kier molecular flexibility index (Phi) is 6.55. The SMILES string of the molecule is Fc1ccc(NC(c2ccc(OC(F)F)c(OC3CC3)c2)c2nnnn2C2CCCCC2)cc1.